The summed E-state index contributed by atoms with van der Waals surface area (Å²) in [7, 11) is 0. The van der Waals surface area contributed by atoms with E-state index in [9.17, 15) is 0 Å². The number of rotatable bonds is 5. The Labute approximate surface area is 99.3 Å². The van der Waals surface area contributed by atoms with Crippen LogP contribution in [0.4, 0.5) is 0 Å². The van der Waals surface area contributed by atoms with Gasteiger partial charge in [0.1, 0.15) is 12.0 Å². The molecule has 0 spiro atoms. The van der Waals surface area contributed by atoms with E-state index < -0.39 is 0 Å². The second-order valence-electron chi connectivity index (χ2n) is 3.86. The molecule has 90 valence electrons. The first-order valence-electron chi connectivity index (χ1n) is 5.64. The highest BCUT2D eigenvalue weighted by Crippen LogP contribution is 2.12. The largest absolute Gasteiger partial charge is 0.339 e. The van der Waals surface area contributed by atoms with E-state index in [1.807, 2.05) is 0 Å². The highest BCUT2D eigenvalue weighted by Gasteiger charge is 2.12. The molecule has 1 unspecified atom stereocenters. The van der Waals surface area contributed by atoms with Crippen LogP contribution in [-0.2, 0) is 6.42 Å². The second-order valence-corrected chi connectivity index (χ2v) is 3.86. The standard InChI is InChI=1S/C11H15N5O/c1-2-3-8(12)6-10-15-11(16-17-10)9-4-5-13-7-14-9/h4-5,7-8H,2-3,6,12H2,1H3. The van der Waals surface area contributed by atoms with Crippen molar-refractivity contribution in [2.45, 2.75) is 32.2 Å². The van der Waals surface area contributed by atoms with E-state index in [4.69, 9.17) is 10.3 Å². The minimum atomic E-state index is 0.0682. The fourth-order valence-electron chi connectivity index (χ4n) is 1.56. The molecular formula is C11H15N5O. The molecule has 0 saturated heterocycles. The summed E-state index contributed by atoms with van der Waals surface area (Å²) in [6.45, 7) is 2.10. The zero-order valence-corrected chi connectivity index (χ0v) is 9.71. The lowest BCUT2D eigenvalue weighted by Crippen LogP contribution is -2.22. The summed E-state index contributed by atoms with van der Waals surface area (Å²) in [6.07, 6.45) is 5.70. The van der Waals surface area contributed by atoms with Crippen molar-refractivity contribution < 1.29 is 4.52 Å². The maximum atomic E-state index is 5.91. The van der Waals surface area contributed by atoms with Crippen molar-refractivity contribution in [3.8, 4) is 11.5 Å². The minimum absolute atomic E-state index is 0.0682. The maximum absolute atomic E-state index is 5.91. The van der Waals surface area contributed by atoms with Gasteiger partial charge in [-0.3, -0.25) is 0 Å². The van der Waals surface area contributed by atoms with E-state index >= 15 is 0 Å². The molecule has 2 aromatic rings. The summed E-state index contributed by atoms with van der Waals surface area (Å²) in [5.74, 6) is 1.03. The predicted molar refractivity (Wildman–Crippen MR) is 61.9 cm³/mol. The van der Waals surface area contributed by atoms with E-state index in [2.05, 4.69) is 27.0 Å². The van der Waals surface area contributed by atoms with Crippen LogP contribution in [0.5, 0.6) is 0 Å². The van der Waals surface area contributed by atoms with Crippen LogP contribution in [0.25, 0.3) is 11.5 Å². The van der Waals surface area contributed by atoms with Gasteiger partial charge in [-0.05, 0) is 12.5 Å². The van der Waals surface area contributed by atoms with Gasteiger partial charge in [-0.2, -0.15) is 4.98 Å². The Balaban J connectivity index is 2.06. The highest BCUT2D eigenvalue weighted by atomic mass is 16.5. The zero-order chi connectivity index (χ0) is 12.1. The van der Waals surface area contributed by atoms with Crippen molar-refractivity contribution in [1.82, 2.24) is 20.1 Å². The van der Waals surface area contributed by atoms with Crippen molar-refractivity contribution >= 4 is 0 Å². The van der Waals surface area contributed by atoms with Crippen LogP contribution in [0.15, 0.2) is 23.1 Å². The lowest BCUT2D eigenvalue weighted by Gasteiger charge is -2.05. The lowest BCUT2D eigenvalue weighted by atomic mass is 10.1. The molecule has 0 saturated carbocycles. The van der Waals surface area contributed by atoms with Crippen LogP contribution >= 0.6 is 0 Å². The van der Waals surface area contributed by atoms with Crippen molar-refractivity contribution in [1.29, 1.82) is 0 Å². The molecule has 2 rings (SSSR count). The Kier molecular flexibility index (Phi) is 3.77. The molecule has 1 atom stereocenters. The number of nitrogens with two attached hydrogens (primary N) is 1. The summed E-state index contributed by atoms with van der Waals surface area (Å²) >= 11 is 0. The third-order valence-corrected chi connectivity index (χ3v) is 2.38. The first-order valence-corrected chi connectivity index (χ1v) is 5.64. The molecule has 0 aliphatic rings. The molecule has 2 aromatic heterocycles. The van der Waals surface area contributed by atoms with Crippen molar-refractivity contribution in [3.63, 3.8) is 0 Å². The molecule has 0 fully saturated rings. The highest BCUT2D eigenvalue weighted by molar-refractivity contribution is 5.46. The summed E-state index contributed by atoms with van der Waals surface area (Å²) < 4.78 is 5.13. The number of hydrogen-bond acceptors (Lipinski definition) is 6. The van der Waals surface area contributed by atoms with E-state index in [0.717, 1.165) is 12.8 Å². The smallest absolute Gasteiger partial charge is 0.228 e. The minimum Gasteiger partial charge on any atom is -0.339 e. The normalized spacial score (nSPS) is 12.6. The fourth-order valence-corrected chi connectivity index (χ4v) is 1.56. The number of nitrogens with zero attached hydrogens (tertiary/aromatic N) is 4. The van der Waals surface area contributed by atoms with Gasteiger partial charge in [-0.1, -0.05) is 18.5 Å². The fraction of sp³-hybridized carbons (Fsp3) is 0.455. The monoisotopic (exact) mass is 233 g/mol. The van der Waals surface area contributed by atoms with E-state index in [1.165, 1.54) is 6.33 Å². The number of aromatic nitrogens is 4. The van der Waals surface area contributed by atoms with E-state index in [1.54, 1.807) is 12.3 Å². The first kappa shape index (κ1) is 11.7. The molecule has 0 aliphatic heterocycles. The van der Waals surface area contributed by atoms with Crippen LogP contribution in [0.2, 0.25) is 0 Å². The van der Waals surface area contributed by atoms with Crippen LogP contribution in [0.1, 0.15) is 25.7 Å². The third kappa shape index (κ3) is 3.07. The van der Waals surface area contributed by atoms with Crippen LogP contribution < -0.4 is 5.73 Å². The van der Waals surface area contributed by atoms with Gasteiger partial charge < -0.3 is 10.3 Å². The molecule has 2 N–H and O–H groups in total. The van der Waals surface area contributed by atoms with Crippen molar-refractivity contribution in [2.75, 3.05) is 0 Å². The van der Waals surface area contributed by atoms with Gasteiger partial charge in [0.2, 0.25) is 11.7 Å². The molecular weight excluding hydrogens is 218 g/mol. The molecule has 6 heteroatoms. The molecule has 6 nitrogen and oxygen atoms in total. The van der Waals surface area contributed by atoms with Crippen molar-refractivity contribution in [2.24, 2.45) is 5.73 Å². The molecule has 17 heavy (non-hydrogen) atoms. The molecule has 0 amide bonds. The Morgan fingerprint density at radius 2 is 2.35 bits per heavy atom. The van der Waals surface area contributed by atoms with Crippen LogP contribution in [0.3, 0.4) is 0 Å². The SMILES string of the molecule is CCCC(N)Cc1nc(-c2ccncn2)no1. The van der Waals surface area contributed by atoms with Gasteiger partial charge >= 0.3 is 0 Å². The van der Waals surface area contributed by atoms with E-state index in [0.29, 0.717) is 23.8 Å². The van der Waals surface area contributed by atoms with E-state index in [-0.39, 0.29) is 6.04 Å². The van der Waals surface area contributed by atoms with Gasteiger partial charge in [0.25, 0.3) is 0 Å². The lowest BCUT2D eigenvalue weighted by molar-refractivity contribution is 0.366. The molecule has 0 bridgehead atoms. The zero-order valence-electron chi connectivity index (χ0n) is 9.71. The van der Waals surface area contributed by atoms with Gasteiger partial charge in [-0.25, -0.2) is 9.97 Å². The first-order chi connectivity index (χ1) is 8.29. The average Bonchev–Trinajstić information content (AvgIpc) is 2.79. The molecule has 0 aliphatic carbocycles. The van der Waals surface area contributed by atoms with Crippen LogP contribution in [0, 0.1) is 0 Å². The Hall–Kier alpha value is -1.82. The molecule has 0 radical (unpaired) electrons. The van der Waals surface area contributed by atoms with Gasteiger partial charge in [0.15, 0.2) is 0 Å². The van der Waals surface area contributed by atoms with Gasteiger partial charge in [-0.15, -0.1) is 0 Å². The Bertz CT molecular complexity index is 456. The summed E-state index contributed by atoms with van der Waals surface area (Å²) in [4.78, 5) is 12.1. The maximum Gasteiger partial charge on any atom is 0.228 e. The molecule has 0 aromatic carbocycles. The van der Waals surface area contributed by atoms with Gasteiger partial charge in [0, 0.05) is 18.7 Å². The molecule has 2 heterocycles. The average molecular weight is 233 g/mol. The quantitative estimate of drug-likeness (QED) is 0.834. The second kappa shape index (κ2) is 5.49. The summed E-state index contributed by atoms with van der Waals surface area (Å²) in [6, 6.07) is 1.80. The van der Waals surface area contributed by atoms with Gasteiger partial charge in [0.05, 0.1) is 0 Å². The summed E-state index contributed by atoms with van der Waals surface area (Å²) in [5, 5.41) is 3.87. The van der Waals surface area contributed by atoms with Crippen molar-refractivity contribution in [3.05, 3.63) is 24.5 Å². The summed E-state index contributed by atoms with van der Waals surface area (Å²) in [5.41, 5.74) is 6.56. The Morgan fingerprint density at radius 1 is 1.47 bits per heavy atom. The third-order valence-electron chi connectivity index (χ3n) is 2.38. The number of hydrogen-bond donors (Lipinski definition) is 1. The predicted octanol–water partition coefficient (Wildman–Crippen LogP) is 1.20. The Morgan fingerprint density at radius 3 is 3.06 bits per heavy atom. The topological polar surface area (TPSA) is 90.7 Å². The van der Waals surface area contributed by atoms with Crippen LogP contribution in [-0.4, -0.2) is 26.2 Å².